The van der Waals surface area contributed by atoms with Crippen LogP contribution < -0.4 is 4.74 Å². The number of benzene rings is 1. The molecule has 0 fully saturated rings. The second-order valence-corrected chi connectivity index (χ2v) is 5.20. The number of hydrogen-bond donors (Lipinski definition) is 1. The first kappa shape index (κ1) is 15.1. The van der Waals surface area contributed by atoms with Crippen LogP contribution in [0.3, 0.4) is 0 Å². The normalized spacial score (nSPS) is 10.7. The van der Waals surface area contributed by atoms with E-state index in [2.05, 4.69) is 9.97 Å². The Morgan fingerprint density at radius 2 is 2.13 bits per heavy atom. The van der Waals surface area contributed by atoms with E-state index in [9.17, 15) is 4.79 Å². The minimum absolute atomic E-state index is 0.316. The molecule has 2 heterocycles. The van der Waals surface area contributed by atoms with Crippen molar-refractivity contribution in [1.82, 2.24) is 9.97 Å². The Kier molecular flexibility index (Phi) is 4.02. The zero-order chi connectivity index (χ0) is 16.4. The Labute approximate surface area is 134 Å². The average Bonchev–Trinajstić information content (AvgIpc) is 2.93. The summed E-state index contributed by atoms with van der Waals surface area (Å²) in [5, 5.41) is 0.944. The number of rotatable bonds is 4. The summed E-state index contributed by atoms with van der Waals surface area (Å²) in [7, 11) is 1.57. The molecule has 0 aliphatic heterocycles. The van der Waals surface area contributed by atoms with Gasteiger partial charge in [-0.1, -0.05) is 11.6 Å². The zero-order valence-corrected chi connectivity index (χ0v) is 13.3. The van der Waals surface area contributed by atoms with Crippen LogP contribution in [0, 0.1) is 6.92 Å². The summed E-state index contributed by atoms with van der Waals surface area (Å²) in [6, 6.07) is 9.70. The van der Waals surface area contributed by atoms with E-state index >= 15 is 0 Å². The first-order chi connectivity index (χ1) is 11.2. The van der Waals surface area contributed by atoms with Crippen molar-refractivity contribution in [2.75, 3.05) is 13.7 Å². The van der Waals surface area contributed by atoms with Crippen LogP contribution in [0.5, 0.6) is 5.88 Å². The number of aryl methyl sites for hydroxylation is 1. The molecule has 3 rings (SSSR count). The fraction of sp³-hybridized carbons (Fsp3) is 0.222. The van der Waals surface area contributed by atoms with Gasteiger partial charge >= 0.3 is 5.97 Å². The van der Waals surface area contributed by atoms with E-state index in [4.69, 9.17) is 9.47 Å². The fourth-order valence-corrected chi connectivity index (χ4v) is 2.69. The summed E-state index contributed by atoms with van der Waals surface area (Å²) < 4.78 is 10.6. The number of methoxy groups -OCH3 is 1. The first-order valence-corrected chi connectivity index (χ1v) is 7.44. The van der Waals surface area contributed by atoms with Crippen molar-refractivity contribution >= 4 is 16.9 Å². The van der Waals surface area contributed by atoms with Gasteiger partial charge in [-0.3, -0.25) is 0 Å². The lowest BCUT2D eigenvalue weighted by molar-refractivity contribution is 0.0521. The predicted octanol–water partition coefficient (Wildman–Crippen LogP) is 3.72. The van der Waals surface area contributed by atoms with Crippen molar-refractivity contribution in [2.24, 2.45) is 0 Å². The molecule has 1 N–H and O–H groups in total. The van der Waals surface area contributed by atoms with Gasteiger partial charge in [0.1, 0.15) is 5.69 Å². The minimum Gasteiger partial charge on any atom is -0.481 e. The van der Waals surface area contributed by atoms with Crippen molar-refractivity contribution in [2.45, 2.75) is 13.8 Å². The third kappa shape index (κ3) is 2.65. The molecule has 2 aromatic heterocycles. The van der Waals surface area contributed by atoms with E-state index < -0.39 is 0 Å². The Morgan fingerprint density at radius 3 is 2.87 bits per heavy atom. The number of carbonyl (C=O) groups excluding carboxylic acids is 1. The zero-order valence-electron chi connectivity index (χ0n) is 13.3. The molecule has 0 atom stereocenters. The van der Waals surface area contributed by atoms with Crippen LogP contribution in [-0.4, -0.2) is 29.7 Å². The average molecular weight is 310 g/mol. The van der Waals surface area contributed by atoms with Gasteiger partial charge in [-0.15, -0.1) is 0 Å². The maximum absolute atomic E-state index is 12.4. The Morgan fingerprint density at radius 1 is 1.30 bits per heavy atom. The van der Waals surface area contributed by atoms with E-state index in [1.165, 1.54) is 0 Å². The molecular weight excluding hydrogens is 292 g/mol. The van der Waals surface area contributed by atoms with Crippen molar-refractivity contribution < 1.29 is 14.3 Å². The molecule has 0 aliphatic carbocycles. The van der Waals surface area contributed by atoms with Crippen molar-refractivity contribution in [3.8, 4) is 17.0 Å². The van der Waals surface area contributed by atoms with E-state index in [1.54, 1.807) is 20.2 Å². The van der Waals surface area contributed by atoms with Crippen LogP contribution in [0.25, 0.3) is 22.0 Å². The second kappa shape index (κ2) is 6.12. The van der Waals surface area contributed by atoms with Crippen LogP contribution in [0.1, 0.15) is 23.0 Å². The molecule has 23 heavy (non-hydrogen) atoms. The standard InChI is InChI=1S/C18H18N2O3/c1-4-23-18(21)16-15(12-6-5-9-19-17(12)22-3)13-10-11(2)7-8-14(13)20-16/h5-10,20H,4H2,1-3H3. The third-order valence-corrected chi connectivity index (χ3v) is 3.67. The number of pyridine rings is 1. The molecule has 5 heteroatoms. The van der Waals surface area contributed by atoms with E-state index in [-0.39, 0.29) is 5.97 Å². The monoisotopic (exact) mass is 310 g/mol. The first-order valence-electron chi connectivity index (χ1n) is 7.44. The molecule has 0 amide bonds. The summed E-state index contributed by atoms with van der Waals surface area (Å²) in [6.07, 6.45) is 1.66. The molecule has 0 radical (unpaired) electrons. The highest BCUT2D eigenvalue weighted by molar-refractivity contribution is 6.08. The van der Waals surface area contributed by atoms with Gasteiger partial charge in [-0.25, -0.2) is 9.78 Å². The highest BCUT2D eigenvalue weighted by Gasteiger charge is 2.22. The number of hydrogen-bond acceptors (Lipinski definition) is 4. The molecule has 5 nitrogen and oxygen atoms in total. The summed E-state index contributed by atoms with van der Waals surface area (Å²) in [4.78, 5) is 19.8. The van der Waals surface area contributed by atoms with Crippen LogP contribution in [-0.2, 0) is 4.74 Å². The molecule has 0 saturated carbocycles. The van der Waals surface area contributed by atoms with Gasteiger partial charge in [-0.2, -0.15) is 0 Å². The maximum Gasteiger partial charge on any atom is 0.355 e. The quantitative estimate of drug-likeness (QED) is 0.746. The molecular formula is C18H18N2O3. The van der Waals surface area contributed by atoms with Gasteiger partial charge < -0.3 is 14.5 Å². The Balaban J connectivity index is 2.33. The van der Waals surface area contributed by atoms with E-state index in [1.807, 2.05) is 37.3 Å². The number of H-pyrrole nitrogens is 1. The van der Waals surface area contributed by atoms with Gasteiger partial charge in [0, 0.05) is 28.2 Å². The topological polar surface area (TPSA) is 64.2 Å². The molecule has 0 bridgehead atoms. The number of aromatic nitrogens is 2. The molecule has 0 spiro atoms. The lowest BCUT2D eigenvalue weighted by atomic mass is 10.0. The molecule has 1 aromatic carbocycles. The van der Waals surface area contributed by atoms with Gasteiger partial charge in [-0.05, 0) is 38.1 Å². The van der Waals surface area contributed by atoms with Crippen molar-refractivity contribution in [1.29, 1.82) is 0 Å². The van der Waals surface area contributed by atoms with Crippen molar-refractivity contribution in [3.63, 3.8) is 0 Å². The Hall–Kier alpha value is -2.82. The number of fused-ring (bicyclic) bond motifs is 1. The summed E-state index contributed by atoms with van der Waals surface area (Å²) >= 11 is 0. The largest absolute Gasteiger partial charge is 0.481 e. The number of esters is 1. The number of carbonyl (C=O) groups is 1. The van der Waals surface area contributed by atoms with Gasteiger partial charge in [0.15, 0.2) is 0 Å². The number of nitrogens with zero attached hydrogens (tertiary/aromatic N) is 1. The van der Waals surface area contributed by atoms with Crippen LogP contribution in [0.2, 0.25) is 0 Å². The fourth-order valence-electron chi connectivity index (χ4n) is 2.69. The minimum atomic E-state index is -0.387. The smallest absolute Gasteiger partial charge is 0.355 e. The number of nitrogens with one attached hydrogen (secondary N) is 1. The van der Waals surface area contributed by atoms with Gasteiger partial charge in [0.2, 0.25) is 5.88 Å². The summed E-state index contributed by atoms with van der Waals surface area (Å²) in [5.41, 5.74) is 3.91. The van der Waals surface area contributed by atoms with E-state index in [0.717, 1.165) is 27.6 Å². The van der Waals surface area contributed by atoms with Crippen LogP contribution in [0.4, 0.5) is 0 Å². The van der Waals surface area contributed by atoms with E-state index in [0.29, 0.717) is 18.2 Å². The molecule has 0 unspecified atom stereocenters. The Bertz CT molecular complexity index is 868. The predicted molar refractivity (Wildman–Crippen MR) is 88.8 cm³/mol. The maximum atomic E-state index is 12.4. The van der Waals surface area contributed by atoms with Gasteiger partial charge in [0.25, 0.3) is 0 Å². The van der Waals surface area contributed by atoms with Crippen molar-refractivity contribution in [3.05, 3.63) is 47.8 Å². The number of ether oxygens (including phenoxy) is 2. The molecule has 0 aliphatic rings. The highest BCUT2D eigenvalue weighted by Crippen LogP contribution is 2.37. The summed E-state index contributed by atoms with van der Waals surface area (Å²) in [5.74, 6) is 0.0858. The van der Waals surface area contributed by atoms with Crippen LogP contribution in [0.15, 0.2) is 36.5 Å². The SMILES string of the molecule is CCOC(=O)c1[nH]c2ccc(C)cc2c1-c1cccnc1OC. The molecule has 0 saturated heterocycles. The molecule has 118 valence electrons. The lowest BCUT2D eigenvalue weighted by Crippen LogP contribution is -2.07. The summed E-state index contributed by atoms with van der Waals surface area (Å²) in [6.45, 7) is 4.12. The molecule has 3 aromatic rings. The third-order valence-electron chi connectivity index (χ3n) is 3.67. The van der Waals surface area contributed by atoms with Crippen LogP contribution >= 0.6 is 0 Å². The second-order valence-electron chi connectivity index (χ2n) is 5.20. The highest BCUT2D eigenvalue weighted by atomic mass is 16.5. The number of aromatic amines is 1. The lowest BCUT2D eigenvalue weighted by Gasteiger charge is -2.09. The van der Waals surface area contributed by atoms with Gasteiger partial charge in [0.05, 0.1) is 13.7 Å².